The molecule has 0 N–H and O–H groups in total. The van der Waals surface area contributed by atoms with Crippen molar-refractivity contribution < 1.29 is 25.9 Å². The molecule has 0 unspecified atom stereocenters. The average molecular weight is 379 g/mol. The maximum Gasteiger partial charge on any atom is 0.437 e. The molecular weight excluding hydrogens is 367 g/mol. The third kappa shape index (κ3) is 3.70. The molecule has 0 aliphatic carbocycles. The molecule has 0 bridgehead atoms. The molecule has 3 aromatic carbocycles. The van der Waals surface area contributed by atoms with E-state index in [-0.39, 0.29) is 10.5 Å². The third-order valence-electron chi connectivity index (χ3n) is 3.56. The van der Waals surface area contributed by atoms with E-state index in [0.717, 1.165) is 0 Å². The Balaban J connectivity index is 2.04. The molecule has 134 valence electrons. The van der Waals surface area contributed by atoms with E-state index < -0.39 is 22.0 Å². The fraction of sp³-hybridized carbons (Fsp3) is 0.0556. The van der Waals surface area contributed by atoms with Crippen molar-refractivity contribution in [2.75, 3.05) is 0 Å². The van der Waals surface area contributed by atoms with Crippen molar-refractivity contribution in [2.24, 2.45) is 5.16 Å². The average Bonchev–Trinajstić information content (AvgIpc) is 2.61. The first-order valence-corrected chi connectivity index (χ1v) is 8.82. The van der Waals surface area contributed by atoms with Gasteiger partial charge in [0.25, 0.3) is 0 Å². The van der Waals surface area contributed by atoms with E-state index >= 15 is 0 Å². The second-order valence-corrected chi connectivity index (χ2v) is 6.81. The lowest BCUT2D eigenvalue weighted by Crippen LogP contribution is -2.25. The predicted molar refractivity (Wildman–Crippen MR) is 91.3 cm³/mol. The molecule has 0 heterocycles. The monoisotopic (exact) mass is 379 g/mol. The van der Waals surface area contributed by atoms with E-state index in [1.165, 1.54) is 48.5 Å². The van der Waals surface area contributed by atoms with E-state index in [1.807, 2.05) is 0 Å². The van der Waals surface area contributed by atoms with Crippen molar-refractivity contribution in [1.82, 2.24) is 0 Å². The Kier molecular flexibility index (Phi) is 4.69. The highest BCUT2D eigenvalue weighted by atomic mass is 32.2. The van der Waals surface area contributed by atoms with Crippen molar-refractivity contribution in [3.63, 3.8) is 0 Å². The van der Waals surface area contributed by atoms with E-state index in [1.54, 1.807) is 24.3 Å². The van der Waals surface area contributed by atoms with Crippen LogP contribution >= 0.6 is 0 Å². The summed E-state index contributed by atoms with van der Waals surface area (Å²) < 4.78 is 68.9. The van der Waals surface area contributed by atoms with Gasteiger partial charge in [-0.15, -0.1) is 0 Å². The number of rotatable bonds is 4. The molecular formula is C18H12F3NO3S. The van der Waals surface area contributed by atoms with Crippen molar-refractivity contribution in [2.45, 2.75) is 11.1 Å². The first-order valence-electron chi connectivity index (χ1n) is 7.41. The summed E-state index contributed by atoms with van der Waals surface area (Å²) in [5, 5.41) is 3.87. The minimum atomic E-state index is -4.88. The Morgan fingerprint density at radius 3 is 2.15 bits per heavy atom. The Morgan fingerprint density at radius 1 is 0.846 bits per heavy atom. The molecule has 0 saturated heterocycles. The predicted octanol–water partition coefficient (Wildman–Crippen LogP) is 4.51. The summed E-state index contributed by atoms with van der Waals surface area (Å²) in [5.74, 6) is 0. The smallest absolute Gasteiger partial charge is 0.264 e. The van der Waals surface area contributed by atoms with Gasteiger partial charge >= 0.3 is 16.3 Å². The van der Waals surface area contributed by atoms with E-state index in [0.29, 0.717) is 10.8 Å². The Bertz CT molecular complexity index is 1060. The van der Waals surface area contributed by atoms with Crippen molar-refractivity contribution in [3.8, 4) is 0 Å². The molecule has 0 aliphatic rings. The molecule has 0 spiro atoms. The zero-order valence-corrected chi connectivity index (χ0v) is 14.0. The molecule has 3 rings (SSSR count). The summed E-state index contributed by atoms with van der Waals surface area (Å²) in [6.07, 6.45) is -4.88. The van der Waals surface area contributed by atoms with Crippen LogP contribution in [0.4, 0.5) is 13.2 Å². The highest BCUT2D eigenvalue weighted by Gasteiger charge is 2.38. The van der Waals surface area contributed by atoms with Gasteiger partial charge in [0, 0.05) is 10.9 Å². The number of alkyl halides is 3. The van der Waals surface area contributed by atoms with Gasteiger partial charge in [-0.05, 0) is 11.5 Å². The third-order valence-corrected chi connectivity index (χ3v) is 4.73. The van der Waals surface area contributed by atoms with Crippen LogP contribution in [-0.2, 0) is 14.4 Å². The number of halogens is 3. The normalized spacial score (nSPS) is 13.0. The Labute approximate surface area is 147 Å². The number of hydrogen-bond acceptors (Lipinski definition) is 4. The summed E-state index contributed by atoms with van der Waals surface area (Å²) in [6.45, 7) is 0. The summed E-state index contributed by atoms with van der Waals surface area (Å²) >= 11 is 0. The fourth-order valence-corrected chi connectivity index (χ4v) is 3.36. The Hall–Kier alpha value is -2.87. The number of hydrogen-bond donors (Lipinski definition) is 0. The minimum absolute atomic E-state index is 0.256. The number of oxime groups is 1. The van der Waals surface area contributed by atoms with E-state index in [9.17, 15) is 21.6 Å². The molecule has 3 aromatic rings. The van der Waals surface area contributed by atoms with Gasteiger partial charge in [0.2, 0.25) is 0 Å². The molecule has 4 nitrogen and oxygen atoms in total. The first kappa shape index (κ1) is 17.9. The van der Waals surface area contributed by atoms with Gasteiger partial charge < -0.3 is 0 Å². The zero-order valence-electron chi connectivity index (χ0n) is 13.1. The molecule has 26 heavy (non-hydrogen) atoms. The zero-order chi connectivity index (χ0) is 18.8. The van der Waals surface area contributed by atoms with Crippen LogP contribution in [0.3, 0.4) is 0 Å². The summed E-state index contributed by atoms with van der Waals surface area (Å²) in [5.41, 5.74) is -1.73. The molecule has 0 aromatic heterocycles. The van der Waals surface area contributed by atoms with Crippen LogP contribution in [0.1, 0.15) is 5.56 Å². The van der Waals surface area contributed by atoms with E-state index in [2.05, 4.69) is 9.44 Å². The van der Waals surface area contributed by atoms with Gasteiger partial charge in [-0.1, -0.05) is 71.9 Å². The molecule has 0 radical (unpaired) electrons. The van der Waals surface area contributed by atoms with Gasteiger partial charge in [-0.3, -0.25) is 4.28 Å². The summed E-state index contributed by atoms with van der Waals surface area (Å²) in [4.78, 5) is -0.256. The molecule has 0 amide bonds. The highest BCUT2D eigenvalue weighted by molar-refractivity contribution is 7.87. The quantitative estimate of drug-likeness (QED) is 0.495. The van der Waals surface area contributed by atoms with Crippen LogP contribution in [0.5, 0.6) is 0 Å². The topological polar surface area (TPSA) is 55.7 Å². The molecule has 8 heteroatoms. The summed E-state index contributed by atoms with van der Waals surface area (Å²) in [6, 6.07) is 17.6. The largest absolute Gasteiger partial charge is 0.437 e. The minimum Gasteiger partial charge on any atom is -0.264 e. The second-order valence-electron chi connectivity index (χ2n) is 5.31. The second kappa shape index (κ2) is 6.80. The van der Waals surface area contributed by atoms with Gasteiger partial charge in [-0.25, -0.2) is 0 Å². The number of benzene rings is 3. The molecule has 0 aliphatic heterocycles. The standard InChI is InChI=1S/C18H12F3NO3S/c19-18(20,21)17(14-8-2-1-3-9-14)22-25-26(23,24)16-12-6-10-13-7-4-5-11-15(13)16/h1-12H/b22-17-. The van der Waals surface area contributed by atoms with Crippen LogP contribution < -0.4 is 0 Å². The first-order chi connectivity index (χ1) is 12.3. The van der Waals surface area contributed by atoms with Crippen molar-refractivity contribution >= 4 is 26.6 Å². The molecule has 0 atom stereocenters. The van der Waals surface area contributed by atoms with Crippen LogP contribution in [0.2, 0.25) is 0 Å². The fourth-order valence-electron chi connectivity index (χ4n) is 2.40. The highest BCUT2D eigenvalue weighted by Crippen LogP contribution is 2.27. The lowest BCUT2D eigenvalue weighted by Gasteiger charge is -2.11. The molecule has 0 saturated carbocycles. The Morgan fingerprint density at radius 2 is 1.46 bits per heavy atom. The van der Waals surface area contributed by atoms with Gasteiger partial charge in [-0.2, -0.15) is 21.6 Å². The van der Waals surface area contributed by atoms with Crippen molar-refractivity contribution in [3.05, 3.63) is 78.4 Å². The SMILES string of the molecule is O=S(=O)(O/N=C(/c1ccccc1)C(F)(F)F)c1cccc2ccccc12. The van der Waals surface area contributed by atoms with Crippen molar-refractivity contribution in [1.29, 1.82) is 0 Å². The van der Waals surface area contributed by atoms with Crippen LogP contribution in [0, 0.1) is 0 Å². The lowest BCUT2D eigenvalue weighted by atomic mass is 10.1. The van der Waals surface area contributed by atoms with Crippen LogP contribution in [0.15, 0.2) is 82.8 Å². The maximum absolute atomic E-state index is 13.2. The number of nitrogens with zero attached hydrogens (tertiary/aromatic N) is 1. The maximum atomic E-state index is 13.2. The summed E-state index contributed by atoms with van der Waals surface area (Å²) in [7, 11) is -4.54. The van der Waals surface area contributed by atoms with Gasteiger partial charge in [0.1, 0.15) is 4.90 Å². The van der Waals surface area contributed by atoms with E-state index in [4.69, 9.17) is 0 Å². The lowest BCUT2D eigenvalue weighted by molar-refractivity contribution is -0.0596. The van der Waals surface area contributed by atoms with Crippen LogP contribution in [-0.4, -0.2) is 20.3 Å². The van der Waals surface area contributed by atoms with Gasteiger partial charge in [0.15, 0.2) is 5.71 Å². The molecule has 0 fully saturated rings. The number of fused-ring (bicyclic) bond motifs is 1. The van der Waals surface area contributed by atoms with Gasteiger partial charge in [0.05, 0.1) is 0 Å². The van der Waals surface area contributed by atoms with Crippen LogP contribution in [0.25, 0.3) is 10.8 Å².